The fourth-order valence-electron chi connectivity index (χ4n) is 4.15. The van der Waals surface area contributed by atoms with Crippen molar-refractivity contribution in [2.45, 2.75) is 78.6 Å². The van der Waals surface area contributed by atoms with E-state index in [2.05, 4.69) is 115 Å². The molecule has 0 saturated carbocycles. The minimum absolute atomic E-state index is 1.11. The molecule has 0 aliphatic rings. The van der Waals surface area contributed by atoms with Crippen LogP contribution in [-0.2, 0) is 0 Å². The van der Waals surface area contributed by atoms with Crippen LogP contribution in [0.2, 0.25) is 78.6 Å². The molecular formula is C24H42OSi4. The second kappa shape index (κ2) is 7.98. The molecule has 0 aliphatic heterocycles. The number of hydrogen-bond donors (Lipinski definition) is 0. The molecule has 2 rings (SSSR count). The maximum absolute atomic E-state index is 6.88. The van der Waals surface area contributed by atoms with E-state index in [-0.39, 0.29) is 0 Å². The lowest BCUT2D eigenvalue weighted by Crippen LogP contribution is -2.57. The Hall–Kier alpha value is -0.892. The zero-order valence-corrected chi connectivity index (χ0v) is 24.9. The van der Waals surface area contributed by atoms with E-state index in [0.29, 0.717) is 0 Å². The number of ether oxygens (including phenoxy) is 1. The molecule has 160 valence electrons. The Bertz CT molecular complexity index is 802. The van der Waals surface area contributed by atoms with Crippen LogP contribution < -0.4 is 25.5 Å². The van der Waals surface area contributed by atoms with Crippen LogP contribution in [-0.4, -0.2) is 32.3 Å². The van der Waals surface area contributed by atoms with Crippen molar-refractivity contribution in [2.75, 3.05) is 0 Å². The van der Waals surface area contributed by atoms with E-state index in [0.717, 1.165) is 11.5 Å². The first-order valence-corrected chi connectivity index (χ1v) is 24.9. The van der Waals surface area contributed by atoms with Crippen LogP contribution in [0.15, 0.2) is 36.4 Å². The highest BCUT2D eigenvalue weighted by Crippen LogP contribution is 2.24. The molecule has 5 heteroatoms. The molecule has 2 aromatic rings. The van der Waals surface area contributed by atoms with E-state index in [1.165, 1.54) is 10.4 Å². The Labute approximate surface area is 184 Å². The summed E-state index contributed by atoms with van der Waals surface area (Å²) in [5.41, 5.74) is 0. The fourth-order valence-corrected chi connectivity index (χ4v) is 15.1. The summed E-state index contributed by atoms with van der Waals surface area (Å²) in [7, 11) is -6.05. The first-order chi connectivity index (χ1) is 12.9. The molecule has 0 bridgehead atoms. The summed E-state index contributed by atoms with van der Waals surface area (Å²) in [6.45, 7) is 29.5. The van der Waals surface area contributed by atoms with Gasteiger partial charge in [-0.3, -0.25) is 0 Å². The van der Waals surface area contributed by atoms with Gasteiger partial charge in [-0.1, -0.05) is 113 Å². The van der Waals surface area contributed by atoms with Crippen molar-refractivity contribution in [1.29, 1.82) is 0 Å². The third-order valence-corrected chi connectivity index (χ3v) is 14.0. The van der Waals surface area contributed by atoms with Gasteiger partial charge in [0.25, 0.3) is 0 Å². The molecule has 0 amide bonds. The van der Waals surface area contributed by atoms with Gasteiger partial charge >= 0.3 is 0 Å². The monoisotopic (exact) mass is 458 g/mol. The smallest absolute Gasteiger partial charge is 0.126 e. The largest absolute Gasteiger partial charge is 0.458 e. The summed E-state index contributed by atoms with van der Waals surface area (Å²) < 4.78 is 6.88. The molecule has 2 aromatic carbocycles. The van der Waals surface area contributed by atoms with Crippen LogP contribution in [0.25, 0.3) is 0 Å². The Balaban J connectivity index is 2.77. The minimum Gasteiger partial charge on any atom is -0.458 e. The predicted octanol–water partition coefficient (Wildman–Crippen LogP) is 5.66. The highest BCUT2D eigenvalue weighted by Gasteiger charge is 2.33. The summed E-state index contributed by atoms with van der Waals surface area (Å²) in [5, 5.41) is 6.20. The third-order valence-electron chi connectivity index (χ3n) is 5.39. The zero-order valence-electron chi connectivity index (χ0n) is 20.9. The molecule has 0 radical (unpaired) electrons. The fraction of sp³-hybridized carbons (Fsp3) is 0.500. The molecule has 0 unspecified atom stereocenters. The quantitative estimate of drug-likeness (QED) is 0.507. The van der Waals surface area contributed by atoms with E-state index >= 15 is 0 Å². The summed E-state index contributed by atoms with van der Waals surface area (Å²) in [4.78, 5) is 0. The second-order valence-electron chi connectivity index (χ2n) is 12.5. The topological polar surface area (TPSA) is 9.23 Å². The van der Waals surface area contributed by atoms with Crippen LogP contribution in [0.4, 0.5) is 0 Å². The lowest BCUT2D eigenvalue weighted by molar-refractivity contribution is 0.490. The van der Waals surface area contributed by atoms with Gasteiger partial charge in [-0.05, 0) is 22.5 Å². The van der Waals surface area contributed by atoms with Gasteiger partial charge in [0.1, 0.15) is 11.5 Å². The maximum atomic E-state index is 6.88. The zero-order chi connectivity index (χ0) is 22.4. The van der Waals surface area contributed by atoms with Crippen LogP contribution in [0.1, 0.15) is 0 Å². The molecule has 0 N–H and O–H groups in total. The average Bonchev–Trinajstić information content (AvgIpc) is 2.50. The van der Waals surface area contributed by atoms with Gasteiger partial charge in [-0.25, -0.2) is 0 Å². The Morgan fingerprint density at radius 2 is 0.759 bits per heavy atom. The van der Waals surface area contributed by atoms with Gasteiger partial charge in [-0.2, -0.15) is 0 Å². The molecule has 29 heavy (non-hydrogen) atoms. The summed E-state index contributed by atoms with van der Waals surface area (Å²) in [5.74, 6) is 2.22. The van der Waals surface area contributed by atoms with E-state index in [1.807, 2.05) is 0 Å². The van der Waals surface area contributed by atoms with Crippen LogP contribution in [0.5, 0.6) is 11.5 Å². The molecular weight excluding hydrogens is 417 g/mol. The third kappa shape index (κ3) is 5.63. The van der Waals surface area contributed by atoms with Gasteiger partial charge < -0.3 is 4.74 Å². The molecule has 0 aromatic heterocycles. The lowest BCUT2D eigenvalue weighted by atomic mass is 10.3. The maximum Gasteiger partial charge on any atom is 0.126 e. The number of hydrogen-bond acceptors (Lipinski definition) is 1. The van der Waals surface area contributed by atoms with E-state index in [1.54, 1.807) is 10.4 Å². The van der Waals surface area contributed by atoms with Crippen LogP contribution in [0.3, 0.4) is 0 Å². The van der Waals surface area contributed by atoms with Crippen molar-refractivity contribution in [2.24, 2.45) is 0 Å². The van der Waals surface area contributed by atoms with Gasteiger partial charge in [-0.15, -0.1) is 0 Å². The van der Waals surface area contributed by atoms with Crippen molar-refractivity contribution in [1.82, 2.24) is 0 Å². The Morgan fingerprint density at radius 1 is 0.448 bits per heavy atom. The van der Waals surface area contributed by atoms with Gasteiger partial charge in [0, 0.05) is 0 Å². The highest BCUT2D eigenvalue weighted by molar-refractivity contribution is 6.99. The normalized spacial score (nSPS) is 13.5. The summed E-state index contributed by atoms with van der Waals surface area (Å²) in [6, 6.07) is 13.6. The first-order valence-electron chi connectivity index (χ1n) is 10.9. The molecule has 0 spiro atoms. The molecule has 0 fully saturated rings. The molecule has 0 heterocycles. The molecule has 0 atom stereocenters. The summed E-state index contributed by atoms with van der Waals surface area (Å²) >= 11 is 0. The minimum atomic E-state index is -1.57. The van der Waals surface area contributed by atoms with Gasteiger partial charge in [0.2, 0.25) is 0 Å². The average molecular weight is 459 g/mol. The SMILES string of the molecule is C[Si](C)(C)c1cccc(Oc2cccc([Si](C)(C)C)c2[Si](C)(C)C)c1[Si](C)(C)C. The van der Waals surface area contributed by atoms with E-state index < -0.39 is 32.3 Å². The lowest BCUT2D eigenvalue weighted by Gasteiger charge is -2.32. The number of benzene rings is 2. The predicted molar refractivity (Wildman–Crippen MR) is 145 cm³/mol. The first kappa shape index (κ1) is 24.4. The second-order valence-corrected chi connectivity index (χ2v) is 32.5. The summed E-state index contributed by atoms with van der Waals surface area (Å²) in [6.07, 6.45) is 0. The Kier molecular flexibility index (Phi) is 6.71. The van der Waals surface area contributed by atoms with Crippen molar-refractivity contribution >= 4 is 53.0 Å². The van der Waals surface area contributed by atoms with Crippen molar-refractivity contribution in [3.63, 3.8) is 0 Å². The molecule has 0 aliphatic carbocycles. The van der Waals surface area contributed by atoms with E-state index in [9.17, 15) is 0 Å². The Morgan fingerprint density at radius 3 is 1.00 bits per heavy atom. The van der Waals surface area contributed by atoms with Crippen molar-refractivity contribution < 1.29 is 4.74 Å². The van der Waals surface area contributed by atoms with Crippen LogP contribution in [0, 0.1) is 0 Å². The molecule has 1 nitrogen and oxygen atoms in total. The molecule has 0 saturated heterocycles. The van der Waals surface area contributed by atoms with E-state index in [4.69, 9.17) is 4.74 Å². The standard InChI is InChI=1S/C24H42OSi4/c1-26(2,3)21-17-13-15-19(23(21)28(7,8)9)25-20-16-14-18-22(27(4,5)6)24(20)29(10,11)12/h13-18H,1-12H3. The van der Waals surface area contributed by atoms with Crippen molar-refractivity contribution in [3.8, 4) is 11.5 Å². The van der Waals surface area contributed by atoms with Gasteiger partial charge in [0.05, 0.1) is 32.3 Å². The van der Waals surface area contributed by atoms with Crippen molar-refractivity contribution in [3.05, 3.63) is 36.4 Å². The highest BCUT2D eigenvalue weighted by atomic mass is 28.3. The van der Waals surface area contributed by atoms with Crippen LogP contribution >= 0.6 is 0 Å². The number of rotatable bonds is 6. The van der Waals surface area contributed by atoms with Gasteiger partial charge in [0.15, 0.2) is 0 Å².